The minimum Gasteiger partial charge on any atom is -0.497 e. The molecular weight excluding hydrogens is 394 g/mol. The summed E-state index contributed by atoms with van der Waals surface area (Å²) in [4.78, 5) is 21.1. The number of anilines is 1. The summed E-state index contributed by atoms with van der Waals surface area (Å²) in [6.45, 7) is 5.10. The molecule has 1 atom stereocenters. The van der Waals surface area contributed by atoms with Crippen LogP contribution in [0, 0.1) is 6.92 Å². The van der Waals surface area contributed by atoms with Crippen LogP contribution in [0.2, 0.25) is 0 Å². The molecule has 0 unspecified atom stereocenters. The molecule has 0 spiro atoms. The van der Waals surface area contributed by atoms with Crippen molar-refractivity contribution in [1.82, 2.24) is 19.7 Å². The highest BCUT2D eigenvalue weighted by atomic mass is 16.5. The van der Waals surface area contributed by atoms with Crippen molar-refractivity contribution in [3.63, 3.8) is 0 Å². The fraction of sp³-hybridized carbons (Fsp3) is 0.348. The molecule has 3 aromatic rings. The van der Waals surface area contributed by atoms with E-state index in [4.69, 9.17) is 4.74 Å². The monoisotopic (exact) mass is 421 g/mol. The van der Waals surface area contributed by atoms with Gasteiger partial charge in [-0.25, -0.2) is 9.67 Å². The van der Waals surface area contributed by atoms with Gasteiger partial charge in [-0.3, -0.25) is 4.79 Å². The number of aliphatic hydroxyl groups is 1. The van der Waals surface area contributed by atoms with Crippen LogP contribution in [-0.2, 0) is 6.54 Å². The van der Waals surface area contributed by atoms with E-state index >= 15 is 0 Å². The number of carbonyl (C=O) groups is 1. The van der Waals surface area contributed by atoms with E-state index in [-0.39, 0.29) is 18.3 Å². The average Bonchev–Trinajstić information content (AvgIpc) is 3.27. The van der Waals surface area contributed by atoms with Crippen molar-refractivity contribution in [3.8, 4) is 5.75 Å². The predicted octanol–water partition coefficient (Wildman–Crippen LogP) is 2.29. The highest BCUT2D eigenvalue weighted by Gasteiger charge is 2.25. The SMILES string of the molecule is COc1ccc([C@@H](O)Cn2cnc(C(=O)N3CCN(c4ccccc4C)CC3)n2)cc1. The van der Waals surface area contributed by atoms with Gasteiger partial charge >= 0.3 is 0 Å². The third kappa shape index (κ3) is 4.69. The zero-order valence-electron chi connectivity index (χ0n) is 17.8. The van der Waals surface area contributed by atoms with E-state index in [0.717, 1.165) is 24.4 Å². The summed E-state index contributed by atoms with van der Waals surface area (Å²) < 4.78 is 6.64. The number of hydrogen-bond acceptors (Lipinski definition) is 6. The molecule has 1 aromatic heterocycles. The molecule has 0 aliphatic carbocycles. The van der Waals surface area contributed by atoms with E-state index in [9.17, 15) is 9.90 Å². The number of aromatic nitrogens is 3. The molecule has 0 bridgehead atoms. The minimum absolute atomic E-state index is 0.159. The zero-order chi connectivity index (χ0) is 21.8. The third-order valence-corrected chi connectivity index (χ3v) is 5.61. The second-order valence-corrected chi connectivity index (χ2v) is 7.64. The van der Waals surface area contributed by atoms with Crippen molar-refractivity contribution in [1.29, 1.82) is 0 Å². The number of aryl methyl sites for hydroxylation is 1. The lowest BCUT2D eigenvalue weighted by molar-refractivity contribution is 0.0733. The van der Waals surface area contributed by atoms with Crippen LogP contribution in [-0.4, -0.2) is 64.0 Å². The van der Waals surface area contributed by atoms with Crippen molar-refractivity contribution in [3.05, 3.63) is 71.8 Å². The minimum atomic E-state index is -0.756. The number of amides is 1. The van der Waals surface area contributed by atoms with Crippen molar-refractivity contribution in [2.75, 3.05) is 38.2 Å². The van der Waals surface area contributed by atoms with Gasteiger partial charge in [-0.2, -0.15) is 0 Å². The smallest absolute Gasteiger partial charge is 0.293 e. The highest BCUT2D eigenvalue weighted by Crippen LogP contribution is 2.21. The summed E-state index contributed by atoms with van der Waals surface area (Å²) >= 11 is 0. The molecule has 31 heavy (non-hydrogen) atoms. The van der Waals surface area contributed by atoms with Crippen molar-refractivity contribution in [2.24, 2.45) is 0 Å². The molecule has 2 heterocycles. The number of rotatable bonds is 6. The van der Waals surface area contributed by atoms with Crippen molar-refractivity contribution >= 4 is 11.6 Å². The molecule has 8 heteroatoms. The van der Waals surface area contributed by atoms with E-state index in [1.807, 2.05) is 12.1 Å². The van der Waals surface area contributed by atoms with Crippen LogP contribution in [0.15, 0.2) is 54.9 Å². The molecule has 8 nitrogen and oxygen atoms in total. The first kappa shape index (κ1) is 20.9. The van der Waals surface area contributed by atoms with Crippen LogP contribution in [0.25, 0.3) is 0 Å². The quantitative estimate of drug-likeness (QED) is 0.658. The number of nitrogens with zero attached hydrogens (tertiary/aromatic N) is 5. The summed E-state index contributed by atoms with van der Waals surface area (Å²) in [6.07, 6.45) is 0.733. The van der Waals surface area contributed by atoms with Gasteiger partial charge in [0.25, 0.3) is 5.91 Å². The van der Waals surface area contributed by atoms with Gasteiger partial charge in [0.05, 0.1) is 19.8 Å². The molecule has 0 saturated carbocycles. The van der Waals surface area contributed by atoms with Crippen LogP contribution < -0.4 is 9.64 Å². The van der Waals surface area contributed by atoms with E-state index in [1.165, 1.54) is 22.3 Å². The summed E-state index contributed by atoms with van der Waals surface area (Å²) in [5.41, 5.74) is 3.19. The number of hydrogen-bond donors (Lipinski definition) is 1. The maximum Gasteiger partial charge on any atom is 0.293 e. The van der Waals surface area contributed by atoms with Gasteiger partial charge in [-0.1, -0.05) is 30.3 Å². The number of para-hydroxylation sites is 1. The van der Waals surface area contributed by atoms with Gasteiger partial charge in [-0.15, -0.1) is 5.10 Å². The predicted molar refractivity (Wildman–Crippen MR) is 117 cm³/mol. The van der Waals surface area contributed by atoms with E-state index in [2.05, 4.69) is 34.0 Å². The Morgan fingerprint density at radius 3 is 2.48 bits per heavy atom. The normalized spacial score (nSPS) is 15.1. The Morgan fingerprint density at radius 2 is 1.81 bits per heavy atom. The lowest BCUT2D eigenvalue weighted by Gasteiger charge is -2.36. The van der Waals surface area contributed by atoms with Gasteiger partial charge in [0, 0.05) is 31.9 Å². The highest BCUT2D eigenvalue weighted by molar-refractivity contribution is 5.90. The Hall–Kier alpha value is -3.39. The largest absolute Gasteiger partial charge is 0.497 e. The van der Waals surface area contributed by atoms with Gasteiger partial charge in [0.15, 0.2) is 0 Å². The van der Waals surface area contributed by atoms with Crippen LogP contribution in [0.3, 0.4) is 0 Å². The topological polar surface area (TPSA) is 83.7 Å². The van der Waals surface area contributed by atoms with Crippen LogP contribution >= 0.6 is 0 Å². The van der Waals surface area contributed by atoms with E-state index < -0.39 is 6.10 Å². The van der Waals surface area contributed by atoms with E-state index in [0.29, 0.717) is 13.1 Å². The maximum atomic E-state index is 12.8. The molecule has 162 valence electrons. The number of carbonyl (C=O) groups excluding carboxylic acids is 1. The molecule has 1 fully saturated rings. The lowest BCUT2D eigenvalue weighted by Crippen LogP contribution is -2.49. The van der Waals surface area contributed by atoms with Crippen LogP contribution in [0.5, 0.6) is 5.75 Å². The second-order valence-electron chi connectivity index (χ2n) is 7.64. The number of methoxy groups -OCH3 is 1. The molecule has 1 amide bonds. The van der Waals surface area contributed by atoms with Gasteiger partial charge in [-0.05, 0) is 36.2 Å². The third-order valence-electron chi connectivity index (χ3n) is 5.61. The first-order chi connectivity index (χ1) is 15.0. The molecular formula is C23H27N5O3. The fourth-order valence-corrected chi connectivity index (χ4v) is 3.80. The molecule has 2 aromatic carbocycles. The number of aliphatic hydroxyl groups excluding tert-OH is 1. The molecule has 1 aliphatic rings. The lowest BCUT2D eigenvalue weighted by atomic mass is 10.1. The molecule has 1 aliphatic heterocycles. The molecule has 1 saturated heterocycles. The number of ether oxygens (including phenoxy) is 1. The van der Waals surface area contributed by atoms with Gasteiger partial charge in [0.1, 0.15) is 12.1 Å². The van der Waals surface area contributed by atoms with Crippen molar-refractivity contribution < 1.29 is 14.6 Å². The first-order valence-corrected chi connectivity index (χ1v) is 10.4. The molecule has 0 radical (unpaired) electrons. The average molecular weight is 422 g/mol. The maximum absolute atomic E-state index is 12.8. The fourth-order valence-electron chi connectivity index (χ4n) is 3.80. The van der Waals surface area contributed by atoms with E-state index in [1.54, 1.807) is 36.3 Å². The molecule has 1 N–H and O–H groups in total. The Kier molecular flexibility index (Phi) is 6.18. The number of benzene rings is 2. The van der Waals surface area contributed by atoms with Crippen molar-refractivity contribution in [2.45, 2.75) is 19.6 Å². The Morgan fingerprint density at radius 1 is 1.10 bits per heavy atom. The molecule has 4 rings (SSSR count). The first-order valence-electron chi connectivity index (χ1n) is 10.4. The standard InChI is InChI=1S/C23H27N5O3/c1-17-5-3-4-6-20(17)26-11-13-27(14-12-26)23(30)22-24-16-28(25-22)15-21(29)18-7-9-19(31-2)10-8-18/h3-10,16,21,29H,11-15H2,1-2H3/t21-/m0/s1. The second kappa shape index (κ2) is 9.18. The van der Waals surface area contributed by atoms with Crippen LogP contribution in [0.4, 0.5) is 5.69 Å². The summed E-state index contributed by atoms with van der Waals surface area (Å²) in [5, 5.41) is 14.8. The Balaban J connectivity index is 1.34. The van der Waals surface area contributed by atoms with Gasteiger partial charge in [0.2, 0.25) is 5.82 Å². The number of piperazine rings is 1. The summed E-state index contributed by atoms with van der Waals surface area (Å²) in [5.74, 6) is 0.709. The Labute approximate surface area is 181 Å². The zero-order valence-corrected chi connectivity index (χ0v) is 17.8. The summed E-state index contributed by atoms with van der Waals surface area (Å²) in [6, 6.07) is 15.5. The Bertz CT molecular complexity index is 1030. The van der Waals surface area contributed by atoms with Gasteiger partial charge < -0.3 is 19.6 Å². The summed E-state index contributed by atoms with van der Waals surface area (Å²) in [7, 11) is 1.60. The van der Waals surface area contributed by atoms with Crippen LogP contribution in [0.1, 0.15) is 27.8 Å².